The Morgan fingerprint density at radius 2 is 1.68 bits per heavy atom. The van der Waals surface area contributed by atoms with Crippen LogP contribution in [0.4, 0.5) is 0 Å². The molecule has 25 heavy (non-hydrogen) atoms. The number of carboxylic acids is 2. The summed E-state index contributed by atoms with van der Waals surface area (Å²) in [5.74, 6) is -1.34. The van der Waals surface area contributed by atoms with Gasteiger partial charge in [-0.1, -0.05) is 25.1 Å². The summed E-state index contributed by atoms with van der Waals surface area (Å²) in [6.07, 6.45) is 2.42. The van der Waals surface area contributed by atoms with Crippen molar-refractivity contribution < 1.29 is 24.5 Å². The highest BCUT2D eigenvalue weighted by atomic mass is 16.5. The Labute approximate surface area is 146 Å². The third kappa shape index (κ3) is 4.70. The van der Waals surface area contributed by atoms with Gasteiger partial charge in [-0.25, -0.2) is 9.59 Å². The second-order valence-corrected chi connectivity index (χ2v) is 5.62. The molecule has 0 aliphatic carbocycles. The highest BCUT2D eigenvalue weighted by molar-refractivity contribution is 6.20. The number of benzene rings is 2. The van der Waals surface area contributed by atoms with Crippen LogP contribution in [-0.4, -0.2) is 28.8 Å². The average molecular weight is 340 g/mol. The van der Waals surface area contributed by atoms with Gasteiger partial charge in [-0.15, -0.1) is 0 Å². The first-order valence-electron chi connectivity index (χ1n) is 7.94. The van der Waals surface area contributed by atoms with Crippen LogP contribution in [0.1, 0.15) is 40.4 Å². The fourth-order valence-electron chi connectivity index (χ4n) is 2.35. The SMILES string of the molecule is CCCOc1ccc(/C(=C/c2ccc(C(=O)O)cc2)C(=O)O)cc1C. The van der Waals surface area contributed by atoms with E-state index in [1.165, 1.54) is 18.2 Å². The first kappa shape index (κ1) is 18.3. The number of carbonyl (C=O) groups is 2. The highest BCUT2D eigenvalue weighted by Crippen LogP contribution is 2.25. The standard InChI is InChI=1S/C20H20O5/c1-3-10-25-18-9-8-16(11-13(18)2)17(20(23)24)12-14-4-6-15(7-5-14)19(21)22/h4-9,11-12H,3,10H2,1-2H3,(H,21,22)(H,23,24)/b17-12-. The zero-order chi connectivity index (χ0) is 18.4. The van der Waals surface area contributed by atoms with Crippen LogP contribution in [0.25, 0.3) is 11.6 Å². The number of hydrogen-bond acceptors (Lipinski definition) is 3. The Bertz CT molecular complexity index is 803. The lowest BCUT2D eigenvalue weighted by atomic mass is 10.00. The minimum absolute atomic E-state index is 0.133. The maximum atomic E-state index is 11.7. The van der Waals surface area contributed by atoms with Gasteiger partial charge in [0.2, 0.25) is 0 Å². The van der Waals surface area contributed by atoms with Crippen LogP contribution >= 0.6 is 0 Å². The molecule has 0 spiro atoms. The lowest BCUT2D eigenvalue weighted by Gasteiger charge is -2.10. The molecule has 2 aromatic carbocycles. The first-order valence-corrected chi connectivity index (χ1v) is 7.94. The second kappa shape index (κ2) is 8.15. The summed E-state index contributed by atoms with van der Waals surface area (Å²) in [5.41, 5.74) is 2.33. The molecule has 0 bridgehead atoms. The second-order valence-electron chi connectivity index (χ2n) is 5.62. The van der Waals surface area contributed by atoms with Crippen LogP contribution in [-0.2, 0) is 4.79 Å². The predicted molar refractivity (Wildman–Crippen MR) is 95.9 cm³/mol. The third-order valence-electron chi connectivity index (χ3n) is 3.65. The van der Waals surface area contributed by atoms with Crippen molar-refractivity contribution in [2.24, 2.45) is 0 Å². The monoisotopic (exact) mass is 340 g/mol. The Balaban J connectivity index is 2.35. The minimum atomic E-state index is -1.05. The lowest BCUT2D eigenvalue weighted by Crippen LogP contribution is -2.02. The van der Waals surface area contributed by atoms with Gasteiger partial charge in [0.25, 0.3) is 0 Å². The van der Waals surface area contributed by atoms with Crippen molar-refractivity contribution in [2.75, 3.05) is 6.61 Å². The van der Waals surface area contributed by atoms with E-state index < -0.39 is 11.9 Å². The number of ether oxygens (including phenoxy) is 1. The van der Waals surface area contributed by atoms with Crippen molar-refractivity contribution >= 4 is 23.6 Å². The smallest absolute Gasteiger partial charge is 0.336 e. The highest BCUT2D eigenvalue weighted by Gasteiger charge is 2.13. The van der Waals surface area contributed by atoms with Crippen molar-refractivity contribution in [2.45, 2.75) is 20.3 Å². The maximum absolute atomic E-state index is 11.7. The van der Waals surface area contributed by atoms with Gasteiger partial charge in [-0.2, -0.15) is 0 Å². The van der Waals surface area contributed by atoms with Crippen molar-refractivity contribution in [3.63, 3.8) is 0 Å². The lowest BCUT2D eigenvalue weighted by molar-refractivity contribution is -0.130. The molecule has 0 heterocycles. The topological polar surface area (TPSA) is 83.8 Å². The first-order chi connectivity index (χ1) is 11.9. The maximum Gasteiger partial charge on any atom is 0.336 e. The quantitative estimate of drug-likeness (QED) is 0.585. The minimum Gasteiger partial charge on any atom is -0.493 e. The molecular formula is C20H20O5. The molecule has 2 aromatic rings. The largest absolute Gasteiger partial charge is 0.493 e. The average Bonchev–Trinajstić information content (AvgIpc) is 2.58. The summed E-state index contributed by atoms with van der Waals surface area (Å²) in [6, 6.07) is 11.3. The molecule has 2 rings (SSSR count). The van der Waals surface area contributed by atoms with Gasteiger partial charge in [-0.05, 0) is 60.4 Å². The molecule has 0 atom stereocenters. The van der Waals surface area contributed by atoms with Crippen LogP contribution in [0.15, 0.2) is 42.5 Å². The molecule has 0 radical (unpaired) electrons. The molecule has 0 amide bonds. The van der Waals surface area contributed by atoms with Crippen LogP contribution in [0.2, 0.25) is 0 Å². The van der Waals surface area contributed by atoms with Crippen LogP contribution in [0.3, 0.4) is 0 Å². The third-order valence-corrected chi connectivity index (χ3v) is 3.65. The summed E-state index contributed by atoms with van der Waals surface area (Å²) in [4.78, 5) is 22.5. The molecule has 2 N–H and O–H groups in total. The Hall–Kier alpha value is -3.08. The molecule has 0 saturated heterocycles. The summed E-state index contributed by atoms with van der Waals surface area (Å²) in [7, 11) is 0. The van der Waals surface area contributed by atoms with E-state index in [1.54, 1.807) is 30.3 Å². The molecule has 0 aliphatic heterocycles. The molecule has 0 unspecified atom stereocenters. The van der Waals surface area contributed by atoms with Crippen LogP contribution in [0, 0.1) is 6.92 Å². The zero-order valence-corrected chi connectivity index (χ0v) is 14.2. The number of aliphatic carboxylic acids is 1. The van der Waals surface area contributed by atoms with E-state index >= 15 is 0 Å². The van der Waals surface area contributed by atoms with Crippen LogP contribution in [0.5, 0.6) is 5.75 Å². The fourth-order valence-corrected chi connectivity index (χ4v) is 2.35. The number of hydrogen-bond donors (Lipinski definition) is 2. The molecule has 130 valence electrons. The van der Waals surface area contributed by atoms with E-state index in [-0.39, 0.29) is 11.1 Å². The van der Waals surface area contributed by atoms with E-state index in [2.05, 4.69) is 0 Å². The van der Waals surface area contributed by atoms with E-state index in [9.17, 15) is 14.7 Å². The molecule has 0 aromatic heterocycles. The molecule has 0 fully saturated rings. The molecule has 5 heteroatoms. The molecule has 5 nitrogen and oxygen atoms in total. The summed E-state index contributed by atoms with van der Waals surface area (Å²) in [5, 5.41) is 18.5. The van der Waals surface area contributed by atoms with Crippen molar-refractivity contribution in [3.05, 3.63) is 64.7 Å². The van der Waals surface area contributed by atoms with Gasteiger partial charge < -0.3 is 14.9 Å². The van der Waals surface area contributed by atoms with E-state index in [1.807, 2.05) is 13.8 Å². The van der Waals surface area contributed by atoms with Crippen LogP contribution < -0.4 is 4.74 Å². The Morgan fingerprint density at radius 3 is 2.20 bits per heavy atom. The van der Waals surface area contributed by atoms with Crippen molar-refractivity contribution in [1.29, 1.82) is 0 Å². The van der Waals surface area contributed by atoms with Gasteiger partial charge in [0, 0.05) is 0 Å². The zero-order valence-electron chi connectivity index (χ0n) is 14.2. The molecule has 0 aliphatic rings. The molecular weight excluding hydrogens is 320 g/mol. The van der Waals surface area contributed by atoms with Gasteiger partial charge in [-0.3, -0.25) is 0 Å². The van der Waals surface area contributed by atoms with E-state index in [4.69, 9.17) is 9.84 Å². The van der Waals surface area contributed by atoms with Crippen molar-refractivity contribution in [1.82, 2.24) is 0 Å². The van der Waals surface area contributed by atoms with E-state index in [0.717, 1.165) is 17.7 Å². The summed E-state index contributed by atoms with van der Waals surface area (Å²) < 4.78 is 5.61. The van der Waals surface area contributed by atoms with Gasteiger partial charge in [0.05, 0.1) is 17.7 Å². The van der Waals surface area contributed by atoms with Gasteiger partial charge >= 0.3 is 11.9 Å². The number of rotatable bonds is 7. The predicted octanol–water partition coefficient (Wildman–Crippen LogP) is 4.11. The fraction of sp³-hybridized carbons (Fsp3) is 0.200. The molecule has 0 saturated carbocycles. The number of carboxylic acid groups (broad SMARTS) is 2. The normalized spacial score (nSPS) is 11.2. The van der Waals surface area contributed by atoms with E-state index in [0.29, 0.717) is 17.7 Å². The van der Waals surface area contributed by atoms with Gasteiger partial charge in [0.15, 0.2) is 0 Å². The summed E-state index contributed by atoms with van der Waals surface area (Å²) >= 11 is 0. The number of aryl methyl sites for hydroxylation is 1. The van der Waals surface area contributed by atoms with Crippen molar-refractivity contribution in [3.8, 4) is 5.75 Å². The Kier molecular flexibility index (Phi) is 5.95. The number of aromatic carboxylic acids is 1. The summed E-state index contributed by atoms with van der Waals surface area (Å²) in [6.45, 7) is 4.50. The Morgan fingerprint density at radius 1 is 1.04 bits per heavy atom. The van der Waals surface area contributed by atoms with Gasteiger partial charge in [0.1, 0.15) is 5.75 Å².